The van der Waals surface area contributed by atoms with Crippen molar-refractivity contribution in [1.82, 2.24) is 15.8 Å². The first-order chi connectivity index (χ1) is 12.5. The molecular formula is C19H26N4O3. The van der Waals surface area contributed by atoms with Gasteiger partial charge >= 0.3 is 5.97 Å². The standard InChI is InChI=1S/C19H26N4O3/c20-16-9-15(21-22-16)17(24)23-10-14-8-13(12-4-2-1-3-5-12)6-7-19(14,11-23)18(25)26/h1-5,13-16,21-22H,6-11,20H2,(H,25,26)/t13-,14-,15?,16?,19-/m0/s1. The van der Waals surface area contributed by atoms with Gasteiger partial charge in [-0.3, -0.25) is 9.59 Å². The third-order valence-electron chi connectivity index (χ3n) is 6.44. The summed E-state index contributed by atoms with van der Waals surface area (Å²) in [5.41, 5.74) is 12.0. The van der Waals surface area contributed by atoms with Crippen molar-refractivity contribution in [3.05, 3.63) is 35.9 Å². The molecule has 5 N–H and O–H groups in total. The molecule has 1 saturated carbocycles. The van der Waals surface area contributed by atoms with Crippen molar-refractivity contribution in [3.8, 4) is 0 Å². The summed E-state index contributed by atoms with van der Waals surface area (Å²) >= 11 is 0. The largest absolute Gasteiger partial charge is 0.481 e. The molecule has 2 aliphatic heterocycles. The van der Waals surface area contributed by atoms with Gasteiger partial charge in [-0.05, 0) is 36.7 Å². The van der Waals surface area contributed by atoms with Crippen LogP contribution in [0.5, 0.6) is 0 Å². The van der Waals surface area contributed by atoms with Crippen LogP contribution in [0.4, 0.5) is 0 Å². The van der Waals surface area contributed by atoms with Crippen molar-refractivity contribution < 1.29 is 14.7 Å². The SMILES string of the molecule is NC1CC(C(=O)N2C[C@@H]3C[C@@H](c4ccccc4)CC[C@]3(C(=O)O)C2)NN1. The molecular weight excluding hydrogens is 332 g/mol. The Morgan fingerprint density at radius 3 is 2.62 bits per heavy atom. The highest BCUT2D eigenvalue weighted by Crippen LogP contribution is 2.51. The van der Waals surface area contributed by atoms with Crippen molar-refractivity contribution in [2.24, 2.45) is 17.1 Å². The van der Waals surface area contributed by atoms with Gasteiger partial charge < -0.3 is 15.7 Å². The van der Waals surface area contributed by atoms with E-state index in [2.05, 4.69) is 23.0 Å². The molecule has 0 radical (unpaired) electrons. The fraction of sp³-hybridized carbons (Fsp3) is 0.579. The number of amides is 1. The first kappa shape index (κ1) is 17.5. The number of aliphatic carboxylic acids is 1. The highest BCUT2D eigenvalue weighted by molar-refractivity contribution is 5.85. The fourth-order valence-corrected chi connectivity index (χ4v) is 4.96. The molecule has 2 unspecified atom stereocenters. The van der Waals surface area contributed by atoms with E-state index in [-0.39, 0.29) is 24.0 Å². The van der Waals surface area contributed by atoms with Gasteiger partial charge in [-0.25, -0.2) is 10.9 Å². The zero-order chi connectivity index (χ0) is 18.3. The molecule has 140 valence electrons. The van der Waals surface area contributed by atoms with E-state index in [1.807, 2.05) is 18.2 Å². The van der Waals surface area contributed by atoms with Gasteiger partial charge in [0.25, 0.3) is 0 Å². The molecule has 1 aromatic carbocycles. The predicted octanol–water partition coefficient (Wildman–Crippen LogP) is 0.635. The second kappa shape index (κ2) is 6.64. The molecule has 1 aliphatic carbocycles. The number of hydrogen-bond acceptors (Lipinski definition) is 5. The number of carbonyl (C=O) groups excluding carboxylic acids is 1. The molecule has 1 aromatic rings. The molecule has 0 bridgehead atoms. The molecule has 3 fully saturated rings. The summed E-state index contributed by atoms with van der Waals surface area (Å²) in [5.74, 6) is -0.454. The maximum Gasteiger partial charge on any atom is 0.311 e. The Morgan fingerprint density at radius 2 is 1.96 bits per heavy atom. The highest BCUT2D eigenvalue weighted by Gasteiger charge is 2.56. The van der Waals surface area contributed by atoms with Crippen LogP contribution in [-0.2, 0) is 9.59 Å². The molecule has 4 rings (SSSR count). The van der Waals surface area contributed by atoms with Crippen LogP contribution in [-0.4, -0.2) is 47.2 Å². The van der Waals surface area contributed by atoms with Gasteiger partial charge in [-0.1, -0.05) is 30.3 Å². The summed E-state index contributed by atoms with van der Waals surface area (Å²) in [6.45, 7) is 0.822. The molecule has 5 atom stereocenters. The Labute approximate surface area is 152 Å². The zero-order valence-electron chi connectivity index (χ0n) is 14.7. The maximum atomic E-state index is 12.8. The molecule has 0 aromatic heterocycles. The normalized spacial score (nSPS) is 36.7. The third-order valence-corrected chi connectivity index (χ3v) is 6.44. The number of carboxylic acid groups (broad SMARTS) is 1. The maximum absolute atomic E-state index is 12.8. The lowest BCUT2D eigenvalue weighted by atomic mass is 9.64. The minimum absolute atomic E-state index is 0.00839. The lowest BCUT2D eigenvalue weighted by molar-refractivity contribution is -0.153. The second-order valence-corrected chi connectivity index (χ2v) is 7.94. The van der Waals surface area contributed by atoms with Crippen LogP contribution in [0.2, 0.25) is 0 Å². The van der Waals surface area contributed by atoms with Crippen LogP contribution in [0.15, 0.2) is 30.3 Å². The van der Waals surface area contributed by atoms with E-state index < -0.39 is 11.4 Å². The number of benzene rings is 1. The number of nitrogens with zero attached hydrogens (tertiary/aromatic N) is 1. The summed E-state index contributed by atoms with van der Waals surface area (Å²) < 4.78 is 0. The lowest BCUT2D eigenvalue weighted by Gasteiger charge is -2.38. The number of carbonyl (C=O) groups is 2. The van der Waals surface area contributed by atoms with Crippen LogP contribution in [0.25, 0.3) is 0 Å². The smallest absolute Gasteiger partial charge is 0.311 e. The minimum atomic E-state index is -0.810. The van der Waals surface area contributed by atoms with Crippen molar-refractivity contribution >= 4 is 11.9 Å². The van der Waals surface area contributed by atoms with E-state index in [1.54, 1.807) is 4.90 Å². The van der Waals surface area contributed by atoms with E-state index in [0.717, 1.165) is 12.8 Å². The third kappa shape index (κ3) is 2.90. The molecule has 0 spiro atoms. The summed E-state index contributed by atoms with van der Waals surface area (Å²) in [7, 11) is 0. The molecule has 26 heavy (non-hydrogen) atoms. The average Bonchev–Trinajstić information content (AvgIpc) is 3.25. The molecule has 7 nitrogen and oxygen atoms in total. The van der Waals surface area contributed by atoms with E-state index in [9.17, 15) is 14.7 Å². The van der Waals surface area contributed by atoms with Crippen LogP contribution in [0, 0.1) is 11.3 Å². The number of likely N-dealkylation sites (tertiary alicyclic amines) is 1. The van der Waals surface area contributed by atoms with Crippen molar-refractivity contribution in [3.63, 3.8) is 0 Å². The van der Waals surface area contributed by atoms with Gasteiger partial charge in [-0.2, -0.15) is 0 Å². The van der Waals surface area contributed by atoms with Crippen LogP contribution in [0.3, 0.4) is 0 Å². The summed E-state index contributed by atoms with van der Waals surface area (Å²) in [6, 6.07) is 9.91. The Hall–Kier alpha value is -1.96. The van der Waals surface area contributed by atoms with Gasteiger partial charge in [0, 0.05) is 19.5 Å². The van der Waals surface area contributed by atoms with Crippen molar-refractivity contribution in [2.45, 2.75) is 43.8 Å². The number of carboxylic acids is 1. The Kier molecular flexibility index (Phi) is 4.46. The fourth-order valence-electron chi connectivity index (χ4n) is 4.96. The topological polar surface area (TPSA) is 108 Å². The Morgan fingerprint density at radius 1 is 1.19 bits per heavy atom. The van der Waals surface area contributed by atoms with Crippen molar-refractivity contribution in [1.29, 1.82) is 0 Å². The van der Waals surface area contributed by atoms with Gasteiger partial charge in [-0.15, -0.1) is 0 Å². The van der Waals surface area contributed by atoms with Gasteiger partial charge in [0.2, 0.25) is 5.91 Å². The first-order valence-electron chi connectivity index (χ1n) is 9.33. The van der Waals surface area contributed by atoms with Gasteiger partial charge in [0.1, 0.15) is 6.04 Å². The number of hydrogen-bond donors (Lipinski definition) is 4. The zero-order valence-corrected chi connectivity index (χ0v) is 14.7. The summed E-state index contributed by atoms with van der Waals surface area (Å²) in [5, 5.41) is 9.98. The van der Waals surface area contributed by atoms with Gasteiger partial charge in [0.05, 0.1) is 11.6 Å². The van der Waals surface area contributed by atoms with E-state index in [0.29, 0.717) is 31.8 Å². The van der Waals surface area contributed by atoms with Gasteiger partial charge in [0.15, 0.2) is 0 Å². The number of fused-ring (bicyclic) bond motifs is 1. The molecule has 2 saturated heterocycles. The molecule has 2 heterocycles. The average molecular weight is 358 g/mol. The number of nitrogens with one attached hydrogen (secondary N) is 2. The molecule has 1 amide bonds. The molecule has 3 aliphatic rings. The van der Waals surface area contributed by atoms with Crippen molar-refractivity contribution in [2.75, 3.05) is 13.1 Å². The highest BCUT2D eigenvalue weighted by atomic mass is 16.4. The first-order valence-corrected chi connectivity index (χ1v) is 9.33. The second-order valence-electron chi connectivity index (χ2n) is 7.94. The Balaban J connectivity index is 1.52. The van der Waals surface area contributed by atoms with E-state index >= 15 is 0 Å². The Bertz CT molecular complexity index is 697. The summed E-state index contributed by atoms with van der Waals surface area (Å²) in [4.78, 5) is 26.7. The van der Waals surface area contributed by atoms with Crippen LogP contribution < -0.4 is 16.6 Å². The van der Waals surface area contributed by atoms with Crippen LogP contribution in [0.1, 0.15) is 37.2 Å². The van der Waals surface area contributed by atoms with E-state index in [4.69, 9.17) is 5.73 Å². The number of hydrazine groups is 1. The predicted molar refractivity (Wildman–Crippen MR) is 95.8 cm³/mol. The van der Waals surface area contributed by atoms with Crippen LogP contribution >= 0.6 is 0 Å². The summed E-state index contributed by atoms with van der Waals surface area (Å²) in [6.07, 6.45) is 2.56. The quantitative estimate of drug-likeness (QED) is 0.631. The molecule has 7 heteroatoms. The van der Waals surface area contributed by atoms with E-state index in [1.165, 1.54) is 5.56 Å². The lowest BCUT2D eigenvalue weighted by Crippen LogP contribution is -2.46. The minimum Gasteiger partial charge on any atom is -0.481 e. The monoisotopic (exact) mass is 358 g/mol. The number of nitrogens with two attached hydrogens (primary N) is 1. The number of rotatable bonds is 3.